The van der Waals surface area contributed by atoms with Crippen molar-refractivity contribution < 1.29 is 17.6 Å². The number of rotatable bonds is 9. The van der Waals surface area contributed by atoms with Crippen LogP contribution in [0.2, 0.25) is 5.02 Å². The third-order valence-electron chi connectivity index (χ3n) is 4.99. The highest BCUT2D eigenvalue weighted by Crippen LogP contribution is 2.35. The van der Waals surface area contributed by atoms with E-state index in [0.29, 0.717) is 15.9 Å². The molecule has 2 heterocycles. The highest BCUT2D eigenvalue weighted by Gasteiger charge is 2.23. The Kier molecular flexibility index (Phi) is 7.43. The summed E-state index contributed by atoms with van der Waals surface area (Å²) in [4.78, 5) is 20.7. The van der Waals surface area contributed by atoms with Gasteiger partial charge in [0.05, 0.1) is 33.7 Å². The lowest BCUT2D eigenvalue weighted by atomic mass is 10.3. The standard InChI is InChI=1S/C23H21ClN2O4S3/c1-31-19-6-2-7-20-22(19)25-23(32-20)26(15-17-5-3-13-30-17)21(27)8-4-14-33(28,29)18-11-9-16(24)10-12-18/h2-3,5-7,9-13H,4,8,14-15H2,1H3. The lowest BCUT2D eigenvalue weighted by Gasteiger charge is -2.18. The zero-order valence-corrected chi connectivity index (χ0v) is 20.9. The molecule has 0 N–H and O–H groups in total. The summed E-state index contributed by atoms with van der Waals surface area (Å²) in [5.41, 5.74) is 0.854. The second kappa shape index (κ2) is 10.3. The molecule has 0 aliphatic rings. The van der Waals surface area contributed by atoms with Gasteiger partial charge in [-0.25, -0.2) is 13.4 Å². The second-order valence-electron chi connectivity index (χ2n) is 7.24. The number of furan rings is 1. The van der Waals surface area contributed by atoms with Crippen LogP contribution in [-0.2, 0) is 21.2 Å². The van der Waals surface area contributed by atoms with Crippen LogP contribution in [-0.4, -0.2) is 31.3 Å². The van der Waals surface area contributed by atoms with Gasteiger partial charge in [0.25, 0.3) is 0 Å². The predicted molar refractivity (Wildman–Crippen MR) is 134 cm³/mol. The number of nitrogens with zero attached hydrogens (tertiary/aromatic N) is 2. The SMILES string of the molecule is CSc1cccc2sc(N(Cc3ccco3)C(=O)CCCS(=O)(=O)c3ccc(Cl)cc3)nc12. The highest BCUT2D eigenvalue weighted by molar-refractivity contribution is 7.98. The number of sulfone groups is 1. The molecule has 172 valence electrons. The van der Waals surface area contributed by atoms with Crippen LogP contribution in [0.25, 0.3) is 10.2 Å². The number of benzene rings is 2. The van der Waals surface area contributed by atoms with Gasteiger partial charge < -0.3 is 4.42 Å². The number of thiazole rings is 1. The number of hydrogen-bond acceptors (Lipinski definition) is 7. The van der Waals surface area contributed by atoms with E-state index >= 15 is 0 Å². The fourth-order valence-electron chi connectivity index (χ4n) is 3.32. The van der Waals surface area contributed by atoms with E-state index in [4.69, 9.17) is 21.0 Å². The number of hydrogen-bond donors (Lipinski definition) is 0. The molecule has 2 aromatic heterocycles. The van der Waals surface area contributed by atoms with Crippen molar-refractivity contribution in [1.29, 1.82) is 0 Å². The number of aromatic nitrogens is 1. The number of amides is 1. The number of anilines is 1. The van der Waals surface area contributed by atoms with Gasteiger partial charge in [0.2, 0.25) is 5.91 Å². The summed E-state index contributed by atoms with van der Waals surface area (Å²) < 4.78 is 31.7. The van der Waals surface area contributed by atoms with Gasteiger partial charge in [-0.05, 0) is 61.2 Å². The van der Waals surface area contributed by atoms with Crippen LogP contribution >= 0.6 is 34.7 Å². The van der Waals surface area contributed by atoms with E-state index in [1.54, 1.807) is 47.2 Å². The van der Waals surface area contributed by atoms with Crippen molar-refractivity contribution in [3.05, 3.63) is 71.6 Å². The Bertz CT molecular complexity index is 1350. The van der Waals surface area contributed by atoms with E-state index in [0.717, 1.165) is 15.1 Å². The number of thioether (sulfide) groups is 1. The summed E-state index contributed by atoms with van der Waals surface area (Å²) in [6.07, 6.45) is 3.81. The molecule has 0 aliphatic carbocycles. The molecule has 6 nitrogen and oxygen atoms in total. The molecule has 4 rings (SSSR count). The first kappa shape index (κ1) is 23.8. The molecule has 0 radical (unpaired) electrons. The maximum Gasteiger partial charge on any atom is 0.229 e. The Morgan fingerprint density at radius 1 is 1.15 bits per heavy atom. The van der Waals surface area contributed by atoms with Crippen LogP contribution < -0.4 is 4.90 Å². The van der Waals surface area contributed by atoms with E-state index in [1.165, 1.54) is 23.5 Å². The molecular weight excluding hydrogens is 500 g/mol. The van der Waals surface area contributed by atoms with Crippen LogP contribution in [0.3, 0.4) is 0 Å². The number of carbonyl (C=O) groups excluding carboxylic acids is 1. The molecule has 10 heteroatoms. The Morgan fingerprint density at radius 2 is 1.94 bits per heavy atom. The van der Waals surface area contributed by atoms with Gasteiger partial charge in [0.15, 0.2) is 15.0 Å². The molecule has 0 fully saturated rings. The van der Waals surface area contributed by atoms with Gasteiger partial charge in [-0.15, -0.1) is 11.8 Å². The molecule has 0 unspecified atom stereocenters. The first-order chi connectivity index (χ1) is 15.9. The maximum atomic E-state index is 13.2. The molecule has 0 bridgehead atoms. The zero-order valence-electron chi connectivity index (χ0n) is 17.7. The second-order valence-corrected chi connectivity index (χ2v) is 11.6. The Hall–Kier alpha value is -2.33. The number of halogens is 1. The summed E-state index contributed by atoms with van der Waals surface area (Å²) in [5, 5.41) is 1.03. The minimum Gasteiger partial charge on any atom is -0.467 e. The molecule has 4 aromatic rings. The topological polar surface area (TPSA) is 80.5 Å². The molecule has 0 saturated heterocycles. The van der Waals surface area contributed by atoms with Crippen LogP contribution in [0.1, 0.15) is 18.6 Å². The van der Waals surface area contributed by atoms with Crippen molar-refractivity contribution in [1.82, 2.24) is 4.98 Å². The zero-order chi connectivity index (χ0) is 23.4. The summed E-state index contributed by atoms with van der Waals surface area (Å²) >= 11 is 8.88. The highest BCUT2D eigenvalue weighted by atomic mass is 35.5. The predicted octanol–water partition coefficient (Wildman–Crippen LogP) is 6.05. The third kappa shape index (κ3) is 5.60. The van der Waals surface area contributed by atoms with Gasteiger partial charge in [-0.2, -0.15) is 0 Å². The summed E-state index contributed by atoms with van der Waals surface area (Å²) in [6.45, 7) is 0.226. The summed E-state index contributed by atoms with van der Waals surface area (Å²) in [7, 11) is -3.51. The minimum atomic E-state index is -3.51. The molecule has 0 aliphatic heterocycles. The third-order valence-corrected chi connectivity index (χ3v) is 8.87. The number of carbonyl (C=O) groups is 1. The summed E-state index contributed by atoms with van der Waals surface area (Å²) in [6, 6.07) is 15.5. The Morgan fingerprint density at radius 3 is 2.64 bits per heavy atom. The average Bonchev–Trinajstić information content (AvgIpc) is 3.47. The van der Waals surface area contributed by atoms with E-state index in [-0.39, 0.29) is 35.9 Å². The molecule has 2 aromatic carbocycles. The van der Waals surface area contributed by atoms with Crippen LogP contribution in [0.4, 0.5) is 5.13 Å². The number of para-hydroxylation sites is 1. The first-order valence-corrected chi connectivity index (χ1v) is 14.2. The van der Waals surface area contributed by atoms with E-state index < -0.39 is 9.84 Å². The summed E-state index contributed by atoms with van der Waals surface area (Å²) in [5.74, 6) is 0.287. The van der Waals surface area contributed by atoms with Gasteiger partial charge in [0, 0.05) is 16.3 Å². The van der Waals surface area contributed by atoms with E-state index in [1.807, 2.05) is 24.5 Å². The van der Waals surface area contributed by atoms with E-state index in [2.05, 4.69) is 0 Å². The van der Waals surface area contributed by atoms with E-state index in [9.17, 15) is 13.2 Å². The quantitative estimate of drug-likeness (QED) is 0.250. The Balaban J connectivity index is 1.52. The Labute approximate surface area is 205 Å². The largest absolute Gasteiger partial charge is 0.467 e. The molecular formula is C23H21ClN2O4S3. The van der Waals surface area contributed by atoms with Crippen LogP contribution in [0.5, 0.6) is 0 Å². The van der Waals surface area contributed by atoms with Crippen LogP contribution in [0, 0.1) is 0 Å². The molecule has 33 heavy (non-hydrogen) atoms. The van der Waals surface area contributed by atoms with Gasteiger partial charge >= 0.3 is 0 Å². The van der Waals surface area contributed by atoms with Gasteiger partial charge in [0.1, 0.15) is 5.76 Å². The van der Waals surface area contributed by atoms with Crippen molar-refractivity contribution in [2.45, 2.75) is 29.2 Å². The number of fused-ring (bicyclic) bond motifs is 1. The first-order valence-electron chi connectivity index (χ1n) is 10.1. The smallest absolute Gasteiger partial charge is 0.229 e. The molecule has 0 atom stereocenters. The molecule has 0 saturated carbocycles. The van der Waals surface area contributed by atoms with Crippen molar-refractivity contribution >= 4 is 65.8 Å². The van der Waals surface area contributed by atoms with Gasteiger partial charge in [-0.3, -0.25) is 9.69 Å². The maximum absolute atomic E-state index is 13.2. The molecule has 1 amide bonds. The fraction of sp³-hybridized carbons (Fsp3) is 0.217. The normalized spacial score (nSPS) is 11.7. The van der Waals surface area contributed by atoms with Gasteiger partial charge in [-0.1, -0.05) is 29.0 Å². The minimum absolute atomic E-state index is 0.0683. The lowest BCUT2D eigenvalue weighted by molar-refractivity contribution is -0.118. The van der Waals surface area contributed by atoms with Crippen molar-refractivity contribution in [3.8, 4) is 0 Å². The fourth-order valence-corrected chi connectivity index (χ4v) is 6.39. The van der Waals surface area contributed by atoms with Crippen molar-refractivity contribution in [2.24, 2.45) is 0 Å². The van der Waals surface area contributed by atoms with Crippen LogP contribution in [0.15, 0.2) is 75.1 Å². The van der Waals surface area contributed by atoms with Crippen molar-refractivity contribution in [3.63, 3.8) is 0 Å². The van der Waals surface area contributed by atoms with Crippen molar-refractivity contribution in [2.75, 3.05) is 16.9 Å². The molecule has 0 spiro atoms. The monoisotopic (exact) mass is 520 g/mol. The average molecular weight is 521 g/mol. The lowest BCUT2D eigenvalue weighted by Crippen LogP contribution is -2.30.